The van der Waals surface area contributed by atoms with Crippen LogP contribution in [0.1, 0.15) is 55.3 Å². The summed E-state index contributed by atoms with van der Waals surface area (Å²) < 4.78 is 49.0. The first kappa shape index (κ1) is 42.1. The number of aryl methyl sites for hydroxylation is 2. The van der Waals surface area contributed by atoms with E-state index in [9.17, 15) is 32.3 Å². The number of hydrogen-bond donors (Lipinski definition) is 2. The lowest BCUT2D eigenvalue weighted by Crippen LogP contribution is -2.28. The molecule has 0 fully saturated rings. The van der Waals surface area contributed by atoms with Crippen LogP contribution >= 0.6 is 0 Å². The van der Waals surface area contributed by atoms with Gasteiger partial charge in [0.2, 0.25) is 0 Å². The number of ketones is 2. The van der Waals surface area contributed by atoms with Crippen molar-refractivity contribution < 1.29 is 32.2 Å². The fraction of sp³-hybridized carbons (Fsp3) is 0.209. The third-order valence-corrected chi connectivity index (χ3v) is 8.48. The number of Topliss-reactive ketones (excluding diaryl/α,β-unsaturated/α-hetero) is 2. The van der Waals surface area contributed by atoms with E-state index in [0.29, 0.717) is 47.2 Å². The number of hydrogen-bond acceptors (Lipinski definition) is 10. The Hall–Kier alpha value is -7.03. The average Bonchev–Trinajstić information content (AvgIpc) is 3.20. The van der Waals surface area contributed by atoms with Gasteiger partial charge in [0.25, 0.3) is 11.1 Å². The Morgan fingerprint density at radius 2 is 1.09 bits per heavy atom. The SMILES string of the molecule is CCOc1cccc(Nc2c(C(C)=O)c(-c3ccccc3)nn(CC)c2=O)c1.CCn1nc(-c2ccccc2)c(C(C)=O)c(Nc2ccc(OC(F)(F)F)cc2)c1=O. The fourth-order valence-corrected chi connectivity index (χ4v) is 5.94. The van der Waals surface area contributed by atoms with Gasteiger partial charge in [-0.2, -0.15) is 10.2 Å². The summed E-state index contributed by atoms with van der Waals surface area (Å²) in [5.74, 6) is -0.313. The van der Waals surface area contributed by atoms with Gasteiger partial charge in [0, 0.05) is 41.7 Å². The summed E-state index contributed by atoms with van der Waals surface area (Å²) in [6.07, 6.45) is -4.80. The third-order valence-electron chi connectivity index (χ3n) is 8.48. The zero-order valence-electron chi connectivity index (χ0n) is 32.4. The normalized spacial score (nSPS) is 10.9. The summed E-state index contributed by atoms with van der Waals surface area (Å²) in [6.45, 7) is 9.46. The van der Waals surface area contributed by atoms with Crippen molar-refractivity contribution in [3.05, 3.63) is 141 Å². The molecule has 0 saturated carbocycles. The molecule has 2 N–H and O–H groups in total. The molecule has 15 heteroatoms. The molecule has 4 aromatic carbocycles. The van der Waals surface area contributed by atoms with E-state index in [1.165, 1.54) is 35.3 Å². The summed E-state index contributed by atoms with van der Waals surface area (Å²) in [4.78, 5) is 50.8. The zero-order valence-corrected chi connectivity index (χ0v) is 32.4. The molecule has 2 aromatic heterocycles. The number of carbonyl (C=O) groups excluding carboxylic acids is 2. The number of alkyl halides is 3. The molecule has 0 spiro atoms. The molecule has 6 aromatic rings. The average molecular weight is 795 g/mol. The van der Waals surface area contributed by atoms with Crippen molar-refractivity contribution in [3.63, 3.8) is 0 Å². The van der Waals surface area contributed by atoms with E-state index in [4.69, 9.17) is 4.74 Å². The Balaban J connectivity index is 0.000000221. The van der Waals surface area contributed by atoms with Crippen molar-refractivity contribution in [2.75, 3.05) is 17.2 Å². The first-order valence-electron chi connectivity index (χ1n) is 18.3. The molecule has 0 amide bonds. The van der Waals surface area contributed by atoms with Gasteiger partial charge < -0.3 is 20.1 Å². The van der Waals surface area contributed by atoms with E-state index in [2.05, 4.69) is 25.6 Å². The maximum atomic E-state index is 13.0. The maximum Gasteiger partial charge on any atom is 0.573 e. The molecule has 0 unspecified atom stereocenters. The van der Waals surface area contributed by atoms with Crippen LogP contribution in [-0.2, 0) is 13.1 Å². The smallest absolute Gasteiger partial charge is 0.494 e. The van der Waals surface area contributed by atoms with Crippen molar-refractivity contribution in [3.8, 4) is 34.0 Å². The van der Waals surface area contributed by atoms with Gasteiger partial charge in [-0.05, 0) is 71.0 Å². The van der Waals surface area contributed by atoms with Gasteiger partial charge in [0.15, 0.2) is 11.6 Å². The highest BCUT2D eigenvalue weighted by Crippen LogP contribution is 2.31. The van der Waals surface area contributed by atoms with Gasteiger partial charge in [0.05, 0.1) is 17.7 Å². The number of aromatic nitrogens is 4. The van der Waals surface area contributed by atoms with Crippen molar-refractivity contribution in [2.24, 2.45) is 0 Å². The molecule has 12 nitrogen and oxygen atoms in total. The Morgan fingerprint density at radius 1 is 0.621 bits per heavy atom. The van der Waals surface area contributed by atoms with Crippen LogP contribution in [0.4, 0.5) is 35.9 Å². The standard InChI is InChI=1S/C22H23N3O3.C21H18F3N3O3/c1-4-25-22(27)21(23-17-12-9-13-18(14-17)28-5-2)19(15(3)26)20(24-25)16-10-7-6-8-11-16;1-3-27-20(29)19(25-15-9-11-16(12-10-15)30-21(22,23)24)17(13(2)28)18(26-27)14-7-5-4-6-8-14/h6-14,23H,4-5H2,1-3H3;4-12,25H,3H2,1-2H3. The van der Waals surface area contributed by atoms with E-state index in [1.807, 2.05) is 68.4 Å². The minimum absolute atomic E-state index is 0.00249. The molecule has 2 heterocycles. The predicted octanol–water partition coefficient (Wildman–Crippen LogP) is 9.05. The van der Waals surface area contributed by atoms with Crippen molar-refractivity contribution in [1.82, 2.24) is 19.6 Å². The summed E-state index contributed by atoms with van der Waals surface area (Å²) >= 11 is 0. The highest BCUT2D eigenvalue weighted by Gasteiger charge is 2.31. The summed E-state index contributed by atoms with van der Waals surface area (Å²) in [7, 11) is 0. The van der Waals surface area contributed by atoms with Crippen molar-refractivity contribution >= 4 is 34.3 Å². The van der Waals surface area contributed by atoms with Crippen LogP contribution in [0, 0.1) is 0 Å². The Kier molecular flexibility index (Phi) is 13.6. The van der Waals surface area contributed by atoms with Gasteiger partial charge in [-0.1, -0.05) is 66.7 Å². The second kappa shape index (κ2) is 18.7. The van der Waals surface area contributed by atoms with Crippen molar-refractivity contribution in [1.29, 1.82) is 0 Å². The van der Waals surface area contributed by atoms with Gasteiger partial charge in [-0.3, -0.25) is 19.2 Å². The van der Waals surface area contributed by atoms with Crippen LogP contribution in [0.15, 0.2) is 119 Å². The lowest BCUT2D eigenvalue weighted by atomic mass is 10.0. The topological polar surface area (TPSA) is 146 Å². The minimum Gasteiger partial charge on any atom is -0.494 e. The Labute approximate surface area is 331 Å². The van der Waals surface area contributed by atoms with Gasteiger partial charge >= 0.3 is 6.36 Å². The molecule has 0 aliphatic rings. The first-order chi connectivity index (χ1) is 27.7. The van der Waals surface area contributed by atoms with E-state index in [-0.39, 0.29) is 46.2 Å². The number of rotatable bonds is 13. The molecule has 6 rings (SSSR count). The second-order valence-electron chi connectivity index (χ2n) is 12.6. The number of benzene rings is 4. The lowest BCUT2D eigenvalue weighted by Gasteiger charge is -2.16. The van der Waals surface area contributed by atoms with Crippen LogP contribution in [-0.4, -0.2) is 44.1 Å². The summed E-state index contributed by atoms with van der Waals surface area (Å²) in [5, 5.41) is 14.8. The molecule has 300 valence electrons. The third kappa shape index (κ3) is 10.2. The summed E-state index contributed by atoms with van der Waals surface area (Å²) in [5.41, 5.74) is 2.99. The number of ether oxygens (including phenoxy) is 2. The fourth-order valence-electron chi connectivity index (χ4n) is 5.94. The van der Waals surface area contributed by atoms with E-state index in [0.717, 1.165) is 17.7 Å². The molecule has 58 heavy (non-hydrogen) atoms. The van der Waals surface area contributed by atoms with Crippen LogP contribution in [0.5, 0.6) is 11.5 Å². The highest BCUT2D eigenvalue weighted by atomic mass is 19.4. The summed E-state index contributed by atoms with van der Waals surface area (Å²) in [6, 6.07) is 30.5. The molecule has 0 bridgehead atoms. The molecular weight excluding hydrogens is 754 g/mol. The number of halogens is 3. The molecule has 0 aliphatic heterocycles. The van der Waals surface area contributed by atoms with Crippen molar-refractivity contribution in [2.45, 2.75) is 54.1 Å². The van der Waals surface area contributed by atoms with Crippen LogP contribution in [0.3, 0.4) is 0 Å². The Morgan fingerprint density at radius 3 is 1.50 bits per heavy atom. The van der Waals surface area contributed by atoms with Gasteiger partial charge in [0.1, 0.15) is 34.3 Å². The molecular formula is C43H41F3N6O6. The highest BCUT2D eigenvalue weighted by molar-refractivity contribution is 6.06. The molecule has 0 aliphatic carbocycles. The Bertz CT molecular complexity index is 2500. The number of nitrogens with one attached hydrogen (secondary N) is 2. The molecule has 0 saturated heterocycles. The number of carbonyl (C=O) groups is 2. The van der Waals surface area contributed by atoms with Gasteiger partial charge in [-0.25, -0.2) is 9.36 Å². The first-order valence-corrected chi connectivity index (χ1v) is 18.3. The molecule has 0 radical (unpaired) electrons. The number of anilines is 4. The van der Waals surface area contributed by atoms with Gasteiger partial charge in [-0.15, -0.1) is 13.2 Å². The van der Waals surface area contributed by atoms with Crippen LogP contribution in [0.2, 0.25) is 0 Å². The van der Waals surface area contributed by atoms with Crippen LogP contribution in [0.25, 0.3) is 22.5 Å². The number of nitrogens with zero attached hydrogens (tertiary/aromatic N) is 4. The van der Waals surface area contributed by atoms with E-state index < -0.39 is 17.7 Å². The minimum atomic E-state index is -4.80. The lowest BCUT2D eigenvalue weighted by molar-refractivity contribution is -0.274. The van der Waals surface area contributed by atoms with E-state index >= 15 is 0 Å². The predicted molar refractivity (Wildman–Crippen MR) is 217 cm³/mol. The van der Waals surface area contributed by atoms with Crippen LogP contribution < -0.4 is 31.2 Å². The quantitative estimate of drug-likeness (QED) is 0.109. The van der Waals surface area contributed by atoms with E-state index in [1.54, 1.807) is 37.3 Å². The largest absolute Gasteiger partial charge is 0.573 e. The zero-order chi connectivity index (χ0) is 42.0. The monoisotopic (exact) mass is 794 g/mol. The molecule has 0 atom stereocenters. The second-order valence-corrected chi connectivity index (χ2v) is 12.6. The maximum absolute atomic E-state index is 13.0.